The largest absolute Gasteiger partial charge is 0.495 e. The number of aryl methyl sites for hydroxylation is 1. The average molecular weight is 830 g/mol. The summed E-state index contributed by atoms with van der Waals surface area (Å²) in [5.41, 5.74) is -2.04. The van der Waals surface area contributed by atoms with Crippen molar-refractivity contribution >= 4 is 56.3 Å². The third kappa shape index (κ3) is 7.88. The lowest BCUT2D eigenvalue weighted by Crippen LogP contribution is -2.58. The van der Waals surface area contributed by atoms with E-state index in [2.05, 4.69) is 20.3 Å². The number of fused-ring (bicyclic) bond motifs is 5. The van der Waals surface area contributed by atoms with Crippen LogP contribution in [0.15, 0.2) is 24.3 Å². The summed E-state index contributed by atoms with van der Waals surface area (Å²) in [6.07, 6.45) is 7.79. The van der Waals surface area contributed by atoms with Crippen molar-refractivity contribution in [1.29, 1.82) is 0 Å². The molecular formula is C40H52ClN5O10S. The standard InChI is InChI=1S/C40H52ClN5O10S/c1-37(2,3)56-36(51)43-26-12-10-8-6-7-9-11-23-19-40(23,35(50)45-57(52,53)38(4)17-18-38)44-33(48)28-20-39(22-46(28)34(26)49)16-15-24-30-25(13-14-29(54-5)31(30)41)42-27(21-47)32(24)55-39/h9,11,13-14,23,26,28,47H,6-8,10,12,15-22H2,1-5H3,(H,43,51)(H,44,48)(H,45,50)/b11-9-/t23-,26-,28-,39+,40+/m0/s1. The predicted octanol–water partition coefficient (Wildman–Crippen LogP) is 4.34. The molecule has 0 bridgehead atoms. The first kappa shape index (κ1) is 41.0. The summed E-state index contributed by atoms with van der Waals surface area (Å²) in [5.74, 6) is -1.74. The fourth-order valence-electron chi connectivity index (χ4n) is 8.34. The van der Waals surface area contributed by atoms with Gasteiger partial charge in [0.25, 0.3) is 5.91 Å². The van der Waals surface area contributed by atoms with Crippen molar-refractivity contribution in [3.63, 3.8) is 0 Å². The maximum Gasteiger partial charge on any atom is 0.408 e. The SMILES string of the molecule is COc1ccc2nc(CO)c3c(c2c1Cl)CC[C@]1(C[C@H]2C(=O)N[C@]4(C(=O)NS(=O)(=O)C5(C)CC5)C[C@@H]4/C=C\CCCCC[C@H](NC(=O)OC(C)(C)C)C(=O)N2C1)O3. The van der Waals surface area contributed by atoms with Gasteiger partial charge in [0.1, 0.15) is 46.0 Å². The van der Waals surface area contributed by atoms with Crippen LogP contribution in [-0.4, -0.2) is 94.4 Å². The Hall–Kier alpha value is -4.15. The number of aromatic nitrogens is 1. The lowest BCUT2D eigenvalue weighted by atomic mass is 9.87. The summed E-state index contributed by atoms with van der Waals surface area (Å²) in [7, 11) is -2.52. The quantitative estimate of drug-likeness (QED) is 0.302. The number of rotatable bonds is 6. The molecule has 4 N–H and O–H groups in total. The summed E-state index contributed by atoms with van der Waals surface area (Å²) in [6, 6.07) is 1.20. The van der Waals surface area contributed by atoms with Crippen molar-refractivity contribution < 1.29 is 46.9 Å². The number of nitrogens with one attached hydrogen (secondary N) is 3. The Morgan fingerprint density at radius 3 is 2.58 bits per heavy atom. The molecule has 57 heavy (non-hydrogen) atoms. The summed E-state index contributed by atoms with van der Waals surface area (Å²) >= 11 is 6.80. The lowest BCUT2D eigenvalue weighted by Gasteiger charge is -2.37. The lowest BCUT2D eigenvalue weighted by molar-refractivity contribution is -0.141. The highest BCUT2D eigenvalue weighted by atomic mass is 35.5. The number of ether oxygens (including phenoxy) is 3. The van der Waals surface area contributed by atoms with E-state index in [-0.39, 0.29) is 31.5 Å². The van der Waals surface area contributed by atoms with E-state index < -0.39 is 79.9 Å². The van der Waals surface area contributed by atoms with Gasteiger partial charge in [-0.05, 0) is 91.2 Å². The molecule has 2 saturated carbocycles. The van der Waals surface area contributed by atoms with E-state index in [1.807, 2.05) is 12.2 Å². The van der Waals surface area contributed by atoms with Gasteiger partial charge in [-0.3, -0.25) is 19.1 Å². The van der Waals surface area contributed by atoms with Crippen LogP contribution in [-0.2, 0) is 42.2 Å². The van der Waals surface area contributed by atoms with Crippen molar-refractivity contribution in [1.82, 2.24) is 25.2 Å². The molecule has 1 saturated heterocycles. The Bertz CT molecular complexity index is 2140. The molecule has 0 radical (unpaired) electrons. The molecule has 310 valence electrons. The number of pyridine rings is 1. The van der Waals surface area contributed by atoms with Crippen molar-refractivity contribution in [2.24, 2.45) is 5.92 Å². The van der Waals surface area contributed by atoms with Crippen molar-refractivity contribution in [3.8, 4) is 11.5 Å². The Labute approximate surface area is 337 Å². The molecule has 0 unspecified atom stereocenters. The minimum Gasteiger partial charge on any atom is -0.495 e. The average Bonchev–Trinajstić information content (AvgIpc) is 4.04. The first-order valence-electron chi connectivity index (χ1n) is 19.7. The number of aliphatic hydroxyl groups is 1. The molecule has 15 nitrogen and oxygen atoms in total. The number of aliphatic hydroxyl groups excluding tert-OH is 1. The van der Waals surface area contributed by atoms with Gasteiger partial charge in [-0.2, -0.15) is 0 Å². The number of hydrogen-bond acceptors (Lipinski definition) is 11. The van der Waals surface area contributed by atoms with Gasteiger partial charge in [-0.15, -0.1) is 0 Å². The van der Waals surface area contributed by atoms with Crippen molar-refractivity contribution in [2.45, 2.75) is 139 Å². The maximum atomic E-state index is 14.8. The Morgan fingerprint density at radius 2 is 1.89 bits per heavy atom. The van der Waals surface area contributed by atoms with E-state index in [0.717, 1.165) is 12.8 Å². The molecule has 17 heteroatoms. The van der Waals surface area contributed by atoms with Crippen LogP contribution in [0.1, 0.15) is 103 Å². The summed E-state index contributed by atoms with van der Waals surface area (Å²) < 4.78 is 45.5. The molecular weight excluding hydrogens is 778 g/mol. The number of sulfonamides is 1. The summed E-state index contributed by atoms with van der Waals surface area (Å²) in [6.45, 7) is 6.21. The number of carbonyl (C=O) groups excluding carboxylic acids is 4. The molecule has 7 rings (SSSR count). The van der Waals surface area contributed by atoms with Crippen molar-refractivity contribution in [3.05, 3.63) is 40.6 Å². The van der Waals surface area contributed by atoms with Crippen LogP contribution >= 0.6 is 11.6 Å². The molecule has 2 aromatic rings. The zero-order valence-electron chi connectivity index (χ0n) is 33.0. The monoisotopic (exact) mass is 829 g/mol. The zero-order chi connectivity index (χ0) is 41.1. The van der Waals surface area contributed by atoms with Crippen LogP contribution in [0, 0.1) is 5.92 Å². The van der Waals surface area contributed by atoms with Crippen LogP contribution in [0.5, 0.6) is 11.5 Å². The zero-order valence-corrected chi connectivity index (χ0v) is 34.6. The first-order chi connectivity index (χ1) is 26.8. The van der Waals surface area contributed by atoms with Gasteiger partial charge >= 0.3 is 6.09 Å². The first-order valence-corrected chi connectivity index (χ1v) is 21.5. The van der Waals surface area contributed by atoms with Gasteiger partial charge < -0.3 is 34.9 Å². The number of alkyl carbamates (subject to hydrolysis) is 1. The fraction of sp³-hybridized carbons (Fsp3) is 0.625. The number of carbonyl (C=O) groups is 4. The Balaban J connectivity index is 1.26. The number of benzene rings is 1. The van der Waals surface area contributed by atoms with Crippen LogP contribution in [0.4, 0.5) is 4.79 Å². The van der Waals surface area contributed by atoms with Crippen LogP contribution in [0.2, 0.25) is 5.02 Å². The topological polar surface area (TPSA) is 203 Å². The number of nitrogens with zero attached hydrogens (tertiary/aromatic N) is 2. The molecule has 3 aliphatic heterocycles. The molecule has 4 heterocycles. The normalized spacial score (nSPS) is 29.0. The minimum atomic E-state index is -4.02. The van der Waals surface area contributed by atoms with Gasteiger partial charge in [-0.1, -0.05) is 36.6 Å². The number of amides is 4. The second-order valence-electron chi connectivity index (χ2n) is 17.4. The van der Waals surface area contributed by atoms with E-state index >= 15 is 0 Å². The van der Waals surface area contributed by atoms with E-state index in [4.69, 9.17) is 25.8 Å². The van der Waals surface area contributed by atoms with Gasteiger partial charge in [-0.25, -0.2) is 18.2 Å². The molecule has 3 fully saturated rings. The molecule has 1 spiro atoms. The Kier molecular flexibility index (Phi) is 10.7. The fourth-order valence-corrected chi connectivity index (χ4v) is 10.0. The highest BCUT2D eigenvalue weighted by Crippen LogP contribution is 2.50. The van der Waals surface area contributed by atoms with Gasteiger partial charge in [0.2, 0.25) is 21.8 Å². The van der Waals surface area contributed by atoms with Crippen LogP contribution in [0.3, 0.4) is 0 Å². The second kappa shape index (κ2) is 14.9. The van der Waals surface area contributed by atoms with Gasteiger partial charge in [0.15, 0.2) is 0 Å². The molecule has 1 aromatic carbocycles. The minimum absolute atomic E-state index is 0.00745. The summed E-state index contributed by atoms with van der Waals surface area (Å²) in [4.78, 5) is 62.6. The third-order valence-corrected chi connectivity index (χ3v) is 14.5. The summed E-state index contributed by atoms with van der Waals surface area (Å²) in [5, 5.41) is 17.1. The van der Waals surface area contributed by atoms with Crippen LogP contribution < -0.4 is 24.8 Å². The second-order valence-corrected chi connectivity index (χ2v) is 20.0. The number of allylic oxidation sites excluding steroid dienone is 1. The number of hydrogen-bond donors (Lipinski definition) is 4. The Morgan fingerprint density at radius 1 is 1.14 bits per heavy atom. The number of methoxy groups -OCH3 is 1. The highest BCUT2D eigenvalue weighted by Gasteiger charge is 2.64. The molecule has 5 atom stereocenters. The molecule has 5 aliphatic rings. The highest BCUT2D eigenvalue weighted by molar-refractivity contribution is 7.91. The smallest absolute Gasteiger partial charge is 0.408 e. The van der Waals surface area contributed by atoms with Crippen LogP contribution in [0.25, 0.3) is 10.9 Å². The van der Waals surface area contributed by atoms with E-state index in [1.54, 1.807) is 39.8 Å². The molecule has 4 amide bonds. The van der Waals surface area contributed by atoms with E-state index in [0.29, 0.717) is 71.5 Å². The predicted molar refractivity (Wildman–Crippen MR) is 210 cm³/mol. The van der Waals surface area contributed by atoms with E-state index in [9.17, 15) is 32.7 Å². The van der Waals surface area contributed by atoms with Gasteiger partial charge in [0.05, 0.1) is 35.5 Å². The molecule has 2 aliphatic carbocycles. The third-order valence-electron chi connectivity index (χ3n) is 12.0. The number of halogens is 1. The van der Waals surface area contributed by atoms with Crippen molar-refractivity contribution in [2.75, 3.05) is 13.7 Å². The maximum absolute atomic E-state index is 14.8. The van der Waals surface area contributed by atoms with Gasteiger partial charge in [0, 0.05) is 23.3 Å². The molecule has 1 aromatic heterocycles. The van der Waals surface area contributed by atoms with E-state index in [1.165, 1.54) is 12.0 Å².